The Bertz CT molecular complexity index is 1400. The molecule has 0 N–H and O–H groups in total. The number of ether oxygens (including phenoxy) is 2. The van der Waals surface area contributed by atoms with Crippen molar-refractivity contribution in [2.24, 2.45) is 4.40 Å². The number of hydrogen-bond donors (Lipinski definition) is 0. The fourth-order valence-corrected chi connectivity index (χ4v) is 5.46. The number of carbonyl (C=O) groups excluding carboxylic acids is 1. The van der Waals surface area contributed by atoms with E-state index < -0.39 is 16.0 Å². The fourth-order valence-electron chi connectivity index (χ4n) is 4.17. The Labute approximate surface area is 202 Å². The van der Waals surface area contributed by atoms with E-state index in [1.807, 2.05) is 24.0 Å². The lowest BCUT2D eigenvalue weighted by Gasteiger charge is -2.29. The first kappa shape index (κ1) is 23.0. The molecule has 1 aromatic heterocycles. The van der Waals surface area contributed by atoms with Gasteiger partial charge in [0.2, 0.25) is 5.82 Å². The Morgan fingerprint density at radius 3 is 2.86 bits per heavy atom. The monoisotopic (exact) mass is 496 g/mol. The molecule has 2 aromatic carbocycles. The van der Waals surface area contributed by atoms with E-state index in [0.29, 0.717) is 48.2 Å². The summed E-state index contributed by atoms with van der Waals surface area (Å²) in [5, 5.41) is 3.95. The lowest BCUT2D eigenvalue weighted by Crippen LogP contribution is -2.35. The first-order chi connectivity index (χ1) is 17.0. The molecular formula is C24H24N4O6S. The van der Waals surface area contributed by atoms with E-state index in [1.54, 1.807) is 24.3 Å². The van der Waals surface area contributed by atoms with Crippen LogP contribution < -0.4 is 9.64 Å². The van der Waals surface area contributed by atoms with Gasteiger partial charge in [0.05, 0.1) is 23.4 Å². The molecule has 1 fully saturated rings. The summed E-state index contributed by atoms with van der Waals surface area (Å²) in [7, 11) is -3.90. The number of nitrogens with zero attached hydrogens (tertiary/aromatic N) is 4. The highest BCUT2D eigenvalue weighted by molar-refractivity contribution is 7.90. The summed E-state index contributed by atoms with van der Waals surface area (Å²) in [5.74, 6) is 0.881. The van der Waals surface area contributed by atoms with Crippen LogP contribution in [0.3, 0.4) is 0 Å². The van der Waals surface area contributed by atoms with Crippen LogP contribution in [0.5, 0.6) is 5.75 Å². The fraction of sp³-hybridized carbons (Fsp3) is 0.333. The summed E-state index contributed by atoms with van der Waals surface area (Å²) in [6.07, 6.45) is 3.48. The number of anilines is 1. The van der Waals surface area contributed by atoms with Crippen molar-refractivity contribution >= 4 is 27.5 Å². The summed E-state index contributed by atoms with van der Waals surface area (Å²) >= 11 is 0. The second-order valence-electron chi connectivity index (χ2n) is 8.14. The van der Waals surface area contributed by atoms with E-state index in [1.165, 1.54) is 6.07 Å². The summed E-state index contributed by atoms with van der Waals surface area (Å²) in [5.41, 5.74) is 1.30. The standard InChI is InChI=1S/C24H24N4O6S/c1-2-32-19-9-6-5-8-17(19)23-25-22(34-26-23)15-33-24(29)16-11-12-18-20(14-16)35(30,31)27-21-10-4-3-7-13-28(18)21/h5-6,8-9,11-12,14H,2-4,7,10,13,15H2,1H3. The van der Waals surface area contributed by atoms with Gasteiger partial charge in [-0.1, -0.05) is 23.7 Å². The van der Waals surface area contributed by atoms with Crippen LogP contribution in [0, 0.1) is 0 Å². The minimum atomic E-state index is -3.90. The van der Waals surface area contributed by atoms with Crippen molar-refractivity contribution in [1.29, 1.82) is 0 Å². The lowest BCUT2D eigenvalue weighted by atomic mass is 10.2. The van der Waals surface area contributed by atoms with Crippen LogP contribution >= 0.6 is 0 Å². The normalized spacial score (nSPS) is 16.5. The largest absolute Gasteiger partial charge is 0.493 e. The Balaban J connectivity index is 1.32. The molecule has 3 aromatic rings. The maximum Gasteiger partial charge on any atom is 0.338 e. The minimum absolute atomic E-state index is 0.00482. The van der Waals surface area contributed by atoms with Crippen molar-refractivity contribution in [2.45, 2.75) is 44.1 Å². The molecule has 35 heavy (non-hydrogen) atoms. The summed E-state index contributed by atoms with van der Waals surface area (Å²) in [6, 6.07) is 11.8. The van der Waals surface area contributed by atoms with Gasteiger partial charge in [0, 0.05) is 13.0 Å². The first-order valence-electron chi connectivity index (χ1n) is 11.4. The number of hydrogen-bond acceptors (Lipinski definition) is 9. The first-order valence-corrected chi connectivity index (χ1v) is 12.9. The SMILES string of the molecule is CCOc1ccccc1-c1noc(COC(=O)c2ccc3c(c2)S(=O)(=O)N=C2CCCCCN23)n1. The van der Waals surface area contributed by atoms with Gasteiger partial charge in [-0.05, 0) is 50.1 Å². The summed E-state index contributed by atoms with van der Waals surface area (Å²) in [4.78, 5) is 18.9. The lowest BCUT2D eigenvalue weighted by molar-refractivity contribution is 0.0429. The molecule has 10 nitrogen and oxygen atoms in total. The molecule has 11 heteroatoms. The van der Waals surface area contributed by atoms with Gasteiger partial charge in [0.25, 0.3) is 15.9 Å². The average Bonchev–Trinajstić information content (AvgIpc) is 3.21. The van der Waals surface area contributed by atoms with E-state index in [4.69, 9.17) is 14.0 Å². The van der Waals surface area contributed by atoms with E-state index in [0.717, 1.165) is 19.3 Å². The number of aromatic nitrogens is 2. The second-order valence-corrected chi connectivity index (χ2v) is 9.72. The molecule has 0 bridgehead atoms. The molecule has 0 spiro atoms. The molecule has 5 rings (SSSR count). The van der Waals surface area contributed by atoms with E-state index in [9.17, 15) is 13.2 Å². The average molecular weight is 497 g/mol. The van der Waals surface area contributed by atoms with Crippen molar-refractivity contribution in [1.82, 2.24) is 10.1 Å². The molecule has 0 saturated carbocycles. The third kappa shape index (κ3) is 4.63. The van der Waals surface area contributed by atoms with Crippen LogP contribution in [0.2, 0.25) is 0 Å². The van der Waals surface area contributed by atoms with Gasteiger partial charge in [-0.25, -0.2) is 4.79 Å². The van der Waals surface area contributed by atoms with Gasteiger partial charge in [0.1, 0.15) is 16.5 Å². The van der Waals surface area contributed by atoms with Crippen LogP contribution in [0.1, 0.15) is 48.9 Å². The van der Waals surface area contributed by atoms with Crippen LogP contribution in [0.25, 0.3) is 11.4 Å². The number of benzene rings is 2. The van der Waals surface area contributed by atoms with Crippen molar-refractivity contribution in [3.05, 3.63) is 53.9 Å². The molecule has 0 amide bonds. The number of para-hydroxylation sites is 1. The van der Waals surface area contributed by atoms with Crippen LogP contribution in [0.4, 0.5) is 5.69 Å². The minimum Gasteiger partial charge on any atom is -0.493 e. The third-order valence-electron chi connectivity index (χ3n) is 5.81. The number of sulfonamides is 1. The highest BCUT2D eigenvalue weighted by atomic mass is 32.2. The van der Waals surface area contributed by atoms with E-state index in [-0.39, 0.29) is 23.0 Å². The zero-order chi connectivity index (χ0) is 24.4. The van der Waals surface area contributed by atoms with Crippen molar-refractivity contribution in [3.8, 4) is 17.1 Å². The zero-order valence-electron chi connectivity index (χ0n) is 19.1. The number of esters is 1. The Morgan fingerprint density at radius 1 is 1.14 bits per heavy atom. The smallest absolute Gasteiger partial charge is 0.338 e. The third-order valence-corrected chi connectivity index (χ3v) is 7.14. The van der Waals surface area contributed by atoms with Gasteiger partial charge in [-0.3, -0.25) is 0 Å². The summed E-state index contributed by atoms with van der Waals surface area (Å²) < 4.78 is 45.7. The number of amidine groups is 1. The molecule has 0 unspecified atom stereocenters. The van der Waals surface area contributed by atoms with Gasteiger partial charge in [-0.2, -0.15) is 13.4 Å². The number of rotatable bonds is 6. The highest BCUT2D eigenvalue weighted by Gasteiger charge is 2.32. The Kier molecular flexibility index (Phi) is 6.25. The van der Waals surface area contributed by atoms with Gasteiger partial charge in [-0.15, -0.1) is 4.40 Å². The predicted octanol–water partition coefficient (Wildman–Crippen LogP) is 3.97. The Hall–Kier alpha value is -3.73. The maximum atomic E-state index is 12.8. The number of carbonyl (C=O) groups is 1. The molecule has 2 aliphatic heterocycles. The van der Waals surface area contributed by atoms with Crippen LogP contribution in [0.15, 0.2) is 56.3 Å². The van der Waals surface area contributed by atoms with Crippen LogP contribution in [-0.2, 0) is 21.4 Å². The molecule has 0 radical (unpaired) electrons. The zero-order valence-corrected chi connectivity index (χ0v) is 20.0. The van der Waals surface area contributed by atoms with Crippen molar-refractivity contribution in [3.63, 3.8) is 0 Å². The molecule has 2 aliphatic rings. The molecule has 0 atom stereocenters. The number of fused-ring (bicyclic) bond motifs is 3. The molecular weight excluding hydrogens is 472 g/mol. The predicted molar refractivity (Wildman–Crippen MR) is 127 cm³/mol. The molecule has 1 saturated heterocycles. The van der Waals surface area contributed by atoms with E-state index >= 15 is 0 Å². The topological polar surface area (TPSA) is 124 Å². The highest BCUT2D eigenvalue weighted by Crippen LogP contribution is 2.35. The van der Waals surface area contributed by atoms with Gasteiger partial charge in [0.15, 0.2) is 6.61 Å². The van der Waals surface area contributed by atoms with Gasteiger partial charge >= 0.3 is 5.97 Å². The van der Waals surface area contributed by atoms with Crippen molar-refractivity contribution < 1.29 is 27.2 Å². The molecule has 182 valence electrons. The summed E-state index contributed by atoms with van der Waals surface area (Å²) in [6.45, 7) is 2.79. The van der Waals surface area contributed by atoms with Crippen LogP contribution in [-0.4, -0.2) is 43.5 Å². The molecule has 3 heterocycles. The maximum absolute atomic E-state index is 12.8. The quantitative estimate of drug-likeness (QED) is 0.466. The van der Waals surface area contributed by atoms with Crippen molar-refractivity contribution in [2.75, 3.05) is 18.1 Å². The second kappa shape index (κ2) is 9.49. The van der Waals surface area contributed by atoms with Gasteiger partial charge < -0.3 is 18.9 Å². The Morgan fingerprint density at radius 2 is 2.00 bits per heavy atom. The van der Waals surface area contributed by atoms with E-state index in [2.05, 4.69) is 14.5 Å². The molecule has 0 aliphatic carbocycles.